The minimum atomic E-state index is 0.0656. The molecular formula is C11H14N4O. The lowest BCUT2D eigenvalue weighted by atomic mass is 10.2. The maximum Gasteiger partial charge on any atom is 0.141 e. The average molecular weight is 218 g/mol. The number of amidine groups is 1. The van der Waals surface area contributed by atoms with Gasteiger partial charge in [0.05, 0.1) is 17.8 Å². The fourth-order valence-electron chi connectivity index (χ4n) is 1.77. The van der Waals surface area contributed by atoms with Gasteiger partial charge in [0, 0.05) is 11.8 Å². The number of benzene rings is 1. The molecule has 16 heavy (non-hydrogen) atoms. The highest BCUT2D eigenvalue weighted by Crippen LogP contribution is 2.19. The number of nitrogens with two attached hydrogens (primary N) is 1. The summed E-state index contributed by atoms with van der Waals surface area (Å²) in [5.41, 5.74) is 6.54. The summed E-state index contributed by atoms with van der Waals surface area (Å²) in [5, 5.41) is 16.9. The number of aromatic nitrogens is 2. The van der Waals surface area contributed by atoms with Crippen LogP contribution in [0, 0.1) is 0 Å². The minimum absolute atomic E-state index is 0.0656. The first-order valence-electron chi connectivity index (χ1n) is 5.11. The van der Waals surface area contributed by atoms with Gasteiger partial charge in [-0.3, -0.25) is 4.68 Å². The molecule has 2 rings (SSSR count). The molecule has 1 aromatic heterocycles. The third-order valence-corrected chi connectivity index (χ3v) is 2.56. The molecule has 0 bridgehead atoms. The van der Waals surface area contributed by atoms with Crippen molar-refractivity contribution in [3.05, 3.63) is 30.5 Å². The second-order valence-electron chi connectivity index (χ2n) is 3.79. The van der Waals surface area contributed by atoms with Crippen LogP contribution in [0.4, 0.5) is 0 Å². The molecule has 0 spiro atoms. The number of hydrogen-bond donors (Lipinski definition) is 2. The summed E-state index contributed by atoms with van der Waals surface area (Å²) in [6.45, 7) is 1.98. The molecule has 0 fully saturated rings. The maximum absolute atomic E-state index is 8.53. The lowest BCUT2D eigenvalue weighted by molar-refractivity contribution is 0.315. The molecule has 0 aliphatic rings. The van der Waals surface area contributed by atoms with E-state index in [0.717, 1.165) is 10.9 Å². The van der Waals surface area contributed by atoms with E-state index in [0.29, 0.717) is 6.42 Å². The Morgan fingerprint density at radius 1 is 1.56 bits per heavy atom. The summed E-state index contributed by atoms with van der Waals surface area (Å²) in [7, 11) is 0. The molecule has 0 aliphatic heterocycles. The van der Waals surface area contributed by atoms with Crippen molar-refractivity contribution in [2.75, 3.05) is 0 Å². The number of para-hydroxylation sites is 1. The van der Waals surface area contributed by atoms with Crippen molar-refractivity contribution in [1.29, 1.82) is 0 Å². The van der Waals surface area contributed by atoms with E-state index in [9.17, 15) is 0 Å². The summed E-state index contributed by atoms with van der Waals surface area (Å²) < 4.78 is 1.88. The second kappa shape index (κ2) is 4.22. The molecule has 0 amide bonds. The van der Waals surface area contributed by atoms with E-state index in [1.54, 1.807) is 0 Å². The van der Waals surface area contributed by atoms with Crippen LogP contribution in [-0.4, -0.2) is 20.8 Å². The Bertz CT molecular complexity index is 517. The molecule has 0 aliphatic carbocycles. The molecule has 1 atom stereocenters. The smallest absolute Gasteiger partial charge is 0.141 e. The predicted molar refractivity (Wildman–Crippen MR) is 62.5 cm³/mol. The van der Waals surface area contributed by atoms with Gasteiger partial charge >= 0.3 is 0 Å². The molecule has 2 aromatic rings. The normalized spacial score (nSPS) is 14.2. The summed E-state index contributed by atoms with van der Waals surface area (Å²) >= 11 is 0. The van der Waals surface area contributed by atoms with Crippen LogP contribution in [0.1, 0.15) is 19.4 Å². The topological polar surface area (TPSA) is 76.4 Å². The van der Waals surface area contributed by atoms with Crippen molar-refractivity contribution < 1.29 is 5.21 Å². The molecule has 5 nitrogen and oxygen atoms in total. The lowest BCUT2D eigenvalue weighted by Crippen LogP contribution is -2.18. The Balaban J connectivity index is 2.33. The molecule has 0 radical (unpaired) electrons. The Kier molecular flexibility index (Phi) is 2.76. The van der Waals surface area contributed by atoms with Crippen molar-refractivity contribution in [2.45, 2.75) is 19.4 Å². The van der Waals surface area contributed by atoms with Gasteiger partial charge in [0.25, 0.3) is 0 Å². The molecule has 0 saturated carbocycles. The van der Waals surface area contributed by atoms with Gasteiger partial charge in [-0.05, 0) is 13.0 Å². The highest BCUT2D eigenvalue weighted by molar-refractivity contribution is 5.81. The van der Waals surface area contributed by atoms with E-state index in [1.165, 1.54) is 0 Å². The largest absolute Gasteiger partial charge is 0.409 e. The van der Waals surface area contributed by atoms with Gasteiger partial charge in [-0.25, -0.2) is 0 Å². The first kappa shape index (κ1) is 10.5. The van der Waals surface area contributed by atoms with Gasteiger partial charge in [0.2, 0.25) is 0 Å². The van der Waals surface area contributed by atoms with Crippen LogP contribution >= 0.6 is 0 Å². The van der Waals surface area contributed by atoms with Crippen molar-refractivity contribution in [3.63, 3.8) is 0 Å². The molecule has 1 unspecified atom stereocenters. The fraction of sp³-hybridized carbons (Fsp3) is 0.273. The number of rotatable bonds is 3. The first-order valence-corrected chi connectivity index (χ1v) is 5.11. The quantitative estimate of drug-likeness (QED) is 0.356. The molecule has 1 aromatic carbocycles. The van der Waals surface area contributed by atoms with Gasteiger partial charge < -0.3 is 10.9 Å². The Morgan fingerprint density at radius 2 is 2.31 bits per heavy atom. The molecule has 0 saturated heterocycles. The van der Waals surface area contributed by atoms with Gasteiger partial charge in [-0.1, -0.05) is 23.4 Å². The highest BCUT2D eigenvalue weighted by atomic mass is 16.4. The molecular weight excluding hydrogens is 204 g/mol. The Labute approximate surface area is 93.2 Å². The van der Waals surface area contributed by atoms with Crippen LogP contribution in [-0.2, 0) is 0 Å². The van der Waals surface area contributed by atoms with E-state index < -0.39 is 0 Å². The van der Waals surface area contributed by atoms with Gasteiger partial charge in [-0.2, -0.15) is 5.10 Å². The Hall–Kier alpha value is -2.04. The summed E-state index contributed by atoms with van der Waals surface area (Å²) in [5.74, 6) is 0.215. The number of fused-ring (bicyclic) bond motifs is 1. The SMILES string of the molecule is CC(CC(N)=NO)n1ncc2ccccc21. The summed E-state index contributed by atoms with van der Waals surface area (Å²) in [4.78, 5) is 0. The number of nitrogens with zero attached hydrogens (tertiary/aromatic N) is 3. The highest BCUT2D eigenvalue weighted by Gasteiger charge is 2.11. The van der Waals surface area contributed by atoms with E-state index in [4.69, 9.17) is 10.9 Å². The summed E-state index contributed by atoms with van der Waals surface area (Å²) in [6.07, 6.45) is 2.29. The van der Waals surface area contributed by atoms with Crippen LogP contribution in [0.2, 0.25) is 0 Å². The van der Waals surface area contributed by atoms with E-state index in [2.05, 4.69) is 10.3 Å². The van der Waals surface area contributed by atoms with E-state index in [-0.39, 0.29) is 11.9 Å². The standard InChI is InChI=1S/C11H14N4O/c1-8(6-11(12)14-16)15-10-5-3-2-4-9(10)7-13-15/h2-5,7-8,16H,6H2,1H3,(H2,12,14). The molecule has 5 heteroatoms. The van der Waals surface area contributed by atoms with Gasteiger partial charge in [0.1, 0.15) is 5.84 Å². The first-order chi connectivity index (χ1) is 7.72. The number of hydrogen-bond acceptors (Lipinski definition) is 3. The second-order valence-corrected chi connectivity index (χ2v) is 3.79. The van der Waals surface area contributed by atoms with Gasteiger partial charge in [0.15, 0.2) is 0 Å². The van der Waals surface area contributed by atoms with Crippen molar-refractivity contribution >= 4 is 16.7 Å². The molecule has 84 valence electrons. The minimum Gasteiger partial charge on any atom is -0.409 e. The zero-order valence-electron chi connectivity index (χ0n) is 9.04. The molecule has 1 heterocycles. The summed E-state index contributed by atoms with van der Waals surface area (Å²) in [6, 6.07) is 8.02. The zero-order chi connectivity index (χ0) is 11.5. The monoisotopic (exact) mass is 218 g/mol. The predicted octanol–water partition coefficient (Wildman–Crippen LogP) is 1.73. The zero-order valence-corrected chi connectivity index (χ0v) is 9.04. The number of oxime groups is 1. The average Bonchev–Trinajstić information content (AvgIpc) is 2.72. The van der Waals surface area contributed by atoms with Gasteiger partial charge in [-0.15, -0.1) is 0 Å². The Morgan fingerprint density at radius 3 is 3.06 bits per heavy atom. The van der Waals surface area contributed by atoms with E-state index in [1.807, 2.05) is 42.1 Å². The van der Waals surface area contributed by atoms with Crippen LogP contribution < -0.4 is 5.73 Å². The third-order valence-electron chi connectivity index (χ3n) is 2.56. The van der Waals surface area contributed by atoms with Crippen LogP contribution in [0.5, 0.6) is 0 Å². The van der Waals surface area contributed by atoms with Crippen LogP contribution in [0.15, 0.2) is 35.6 Å². The van der Waals surface area contributed by atoms with Crippen molar-refractivity contribution in [1.82, 2.24) is 9.78 Å². The third kappa shape index (κ3) is 1.84. The van der Waals surface area contributed by atoms with Crippen LogP contribution in [0.25, 0.3) is 10.9 Å². The molecule has 3 N–H and O–H groups in total. The van der Waals surface area contributed by atoms with E-state index >= 15 is 0 Å². The lowest BCUT2D eigenvalue weighted by Gasteiger charge is -2.12. The van der Waals surface area contributed by atoms with Crippen LogP contribution in [0.3, 0.4) is 0 Å². The maximum atomic E-state index is 8.53. The fourth-order valence-corrected chi connectivity index (χ4v) is 1.77. The van der Waals surface area contributed by atoms with Crippen molar-refractivity contribution in [3.8, 4) is 0 Å². The van der Waals surface area contributed by atoms with Crippen molar-refractivity contribution in [2.24, 2.45) is 10.9 Å².